The second-order valence-electron chi connectivity index (χ2n) is 6.24. The van der Waals surface area contributed by atoms with Crippen molar-refractivity contribution in [2.75, 3.05) is 37.8 Å². The molecule has 0 aliphatic carbocycles. The summed E-state index contributed by atoms with van der Waals surface area (Å²) in [7, 11) is -1.08. The van der Waals surface area contributed by atoms with Gasteiger partial charge in [-0.25, -0.2) is 22.2 Å². The van der Waals surface area contributed by atoms with Gasteiger partial charge in [0.1, 0.15) is 5.82 Å². The molecule has 1 aliphatic heterocycles. The van der Waals surface area contributed by atoms with E-state index in [0.717, 1.165) is 36.5 Å². The van der Waals surface area contributed by atoms with Crippen LogP contribution in [0.3, 0.4) is 0 Å². The maximum absolute atomic E-state index is 11.6. The van der Waals surface area contributed by atoms with Crippen LogP contribution >= 0.6 is 0 Å². The van der Waals surface area contributed by atoms with E-state index in [1.54, 1.807) is 4.31 Å². The largest absolute Gasteiger partial charge is 0.358 e. The average molecular weight is 337 g/mol. The number of fused-ring (bicyclic) bond motifs is 1. The van der Waals surface area contributed by atoms with E-state index in [1.165, 1.54) is 6.26 Å². The number of hydrogen-bond acceptors (Lipinski definition) is 5. The molecule has 1 fully saturated rings. The Kier molecular flexibility index (Phi) is 4.29. The quantitative estimate of drug-likeness (QED) is 0.814. The molecule has 2 aromatic rings. The summed E-state index contributed by atoms with van der Waals surface area (Å²) in [4.78, 5) is 6.57. The Balaban J connectivity index is 1.70. The molecule has 0 spiro atoms. The van der Waals surface area contributed by atoms with Crippen molar-refractivity contribution in [1.82, 2.24) is 18.9 Å². The molecule has 8 heteroatoms. The zero-order chi connectivity index (χ0) is 16.6. The smallest absolute Gasteiger partial charge is 0.211 e. The summed E-state index contributed by atoms with van der Waals surface area (Å²) in [6, 6.07) is 3.93. The minimum absolute atomic E-state index is 0.334. The predicted molar refractivity (Wildman–Crippen MR) is 90.2 cm³/mol. The van der Waals surface area contributed by atoms with Crippen LogP contribution in [0.15, 0.2) is 18.3 Å². The lowest BCUT2D eigenvalue weighted by atomic mass is 10.1. The number of aryl methyl sites for hydroxylation is 1. The summed E-state index contributed by atoms with van der Waals surface area (Å²) < 4.78 is 26.6. The fraction of sp³-hybridized carbons (Fsp3) is 0.600. The summed E-state index contributed by atoms with van der Waals surface area (Å²) >= 11 is 0. The van der Waals surface area contributed by atoms with Crippen molar-refractivity contribution in [3.8, 4) is 0 Å². The van der Waals surface area contributed by atoms with Gasteiger partial charge in [-0.3, -0.25) is 0 Å². The van der Waals surface area contributed by atoms with Crippen LogP contribution in [-0.4, -0.2) is 60.3 Å². The Morgan fingerprint density at radius 3 is 2.83 bits per heavy atom. The average Bonchev–Trinajstić information content (AvgIpc) is 3.11. The van der Waals surface area contributed by atoms with Crippen molar-refractivity contribution in [3.05, 3.63) is 24.0 Å². The molecule has 2 aromatic heterocycles. The lowest BCUT2D eigenvalue weighted by Gasteiger charge is -2.22. The molecular formula is C15H23N5O2S. The monoisotopic (exact) mass is 337 g/mol. The first-order valence-electron chi connectivity index (χ1n) is 7.88. The van der Waals surface area contributed by atoms with Crippen molar-refractivity contribution in [2.45, 2.75) is 19.8 Å². The summed E-state index contributed by atoms with van der Waals surface area (Å²) in [5.41, 5.74) is 1.88. The van der Waals surface area contributed by atoms with E-state index >= 15 is 0 Å². The second-order valence-corrected chi connectivity index (χ2v) is 8.22. The highest BCUT2D eigenvalue weighted by molar-refractivity contribution is 7.88. The first kappa shape index (κ1) is 16.2. The molecule has 23 heavy (non-hydrogen) atoms. The van der Waals surface area contributed by atoms with Crippen LogP contribution in [-0.2, 0) is 16.4 Å². The molecule has 0 N–H and O–H groups in total. The number of aromatic nitrogens is 3. The molecule has 0 amide bonds. The first-order valence-corrected chi connectivity index (χ1v) is 9.73. The van der Waals surface area contributed by atoms with Gasteiger partial charge in [0.2, 0.25) is 10.0 Å². The zero-order valence-corrected chi connectivity index (χ0v) is 14.6. The van der Waals surface area contributed by atoms with Crippen LogP contribution in [0, 0.1) is 5.92 Å². The third kappa shape index (κ3) is 3.48. The predicted octanol–water partition coefficient (Wildman–Crippen LogP) is 1.01. The standard InChI is InChI=1S/C15H23N5O2S/c1-4-13-11-20-14(16-13)5-6-15(17-20)18(2)9-12-7-8-19(10-12)23(3,21)22/h5-6,11-12H,4,7-10H2,1-3H3. The van der Waals surface area contributed by atoms with Gasteiger partial charge in [0.05, 0.1) is 18.1 Å². The third-order valence-corrected chi connectivity index (χ3v) is 5.63. The summed E-state index contributed by atoms with van der Waals surface area (Å²) in [6.07, 6.45) is 5.01. The number of nitrogens with zero attached hydrogens (tertiary/aromatic N) is 5. The molecule has 1 unspecified atom stereocenters. The molecule has 3 rings (SSSR count). The molecule has 1 aliphatic rings. The molecule has 0 bridgehead atoms. The van der Waals surface area contributed by atoms with Crippen molar-refractivity contribution >= 4 is 21.5 Å². The van der Waals surface area contributed by atoms with E-state index in [2.05, 4.69) is 21.9 Å². The highest BCUT2D eigenvalue weighted by Crippen LogP contribution is 2.21. The zero-order valence-electron chi connectivity index (χ0n) is 13.8. The Labute approximate surface area is 137 Å². The molecule has 1 saturated heterocycles. The number of rotatable bonds is 5. The van der Waals surface area contributed by atoms with Crippen LogP contribution in [0.25, 0.3) is 5.65 Å². The van der Waals surface area contributed by atoms with Gasteiger partial charge in [-0.05, 0) is 30.9 Å². The first-order chi connectivity index (χ1) is 10.9. The number of imidazole rings is 1. The van der Waals surface area contributed by atoms with Gasteiger partial charge < -0.3 is 4.90 Å². The third-order valence-electron chi connectivity index (χ3n) is 4.36. The minimum Gasteiger partial charge on any atom is -0.358 e. The maximum atomic E-state index is 11.6. The van der Waals surface area contributed by atoms with Gasteiger partial charge in [0, 0.05) is 26.7 Å². The van der Waals surface area contributed by atoms with Crippen LogP contribution in [0.1, 0.15) is 19.0 Å². The van der Waals surface area contributed by atoms with Crippen LogP contribution in [0.4, 0.5) is 5.82 Å². The molecule has 1 atom stereocenters. The lowest BCUT2D eigenvalue weighted by Crippen LogP contribution is -2.31. The normalized spacial score (nSPS) is 19.5. The van der Waals surface area contributed by atoms with Gasteiger partial charge in [0.25, 0.3) is 0 Å². The van der Waals surface area contributed by atoms with E-state index < -0.39 is 10.0 Å². The topological polar surface area (TPSA) is 70.8 Å². The highest BCUT2D eigenvalue weighted by atomic mass is 32.2. The molecule has 126 valence electrons. The second kappa shape index (κ2) is 6.09. The van der Waals surface area contributed by atoms with E-state index in [-0.39, 0.29) is 0 Å². The van der Waals surface area contributed by atoms with Crippen molar-refractivity contribution in [3.63, 3.8) is 0 Å². The molecule has 0 saturated carbocycles. The van der Waals surface area contributed by atoms with Crippen LogP contribution < -0.4 is 4.90 Å². The fourth-order valence-corrected chi connectivity index (χ4v) is 3.94. The number of hydrogen-bond donors (Lipinski definition) is 0. The number of sulfonamides is 1. The minimum atomic E-state index is -3.08. The van der Waals surface area contributed by atoms with Gasteiger partial charge in [-0.1, -0.05) is 6.92 Å². The van der Waals surface area contributed by atoms with Crippen LogP contribution in [0.2, 0.25) is 0 Å². The van der Waals surface area contributed by atoms with Crippen molar-refractivity contribution in [2.24, 2.45) is 5.92 Å². The fourth-order valence-electron chi connectivity index (χ4n) is 3.02. The Bertz CT molecular complexity index is 801. The van der Waals surface area contributed by atoms with E-state index in [9.17, 15) is 8.42 Å². The van der Waals surface area contributed by atoms with Gasteiger partial charge in [-0.15, -0.1) is 5.10 Å². The Morgan fingerprint density at radius 2 is 2.17 bits per heavy atom. The molecule has 0 aromatic carbocycles. The highest BCUT2D eigenvalue weighted by Gasteiger charge is 2.29. The van der Waals surface area contributed by atoms with Crippen molar-refractivity contribution < 1.29 is 8.42 Å². The molecular weight excluding hydrogens is 314 g/mol. The van der Waals surface area contributed by atoms with Crippen LogP contribution in [0.5, 0.6) is 0 Å². The number of anilines is 1. The Hall–Kier alpha value is -1.67. The van der Waals surface area contributed by atoms with E-state index in [1.807, 2.05) is 29.9 Å². The molecule has 7 nitrogen and oxygen atoms in total. The summed E-state index contributed by atoms with van der Waals surface area (Å²) in [5.74, 6) is 1.21. The maximum Gasteiger partial charge on any atom is 0.211 e. The Morgan fingerprint density at radius 1 is 1.39 bits per heavy atom. The lowest BCUT2D eigenvalue weighted by molar-refractivity contribution is 0.461. The molecule has 3 heterocycles. The van der Waals surface area contributed by atoms with Gasteiger partial charge >= 0.3 is 0 Å². The molecule has 0 radical (unpaired) electrons. The van der Waals surface area contributed by atoms with E-state index in [4.69, 9.17) is 0 Å². The van der Waals surface area contributed by atoms with Crippen molar-refractivity contribution in [1.29, 1.82) is 0 Å². The SMILES string of the molecule is CCc1cn2nc(N(C)CC3CCN(S(C)(=O)=O)C3)ccc2n1. The van der Waals surface area contributed by atoms with Gasteiger partial charge in [-0.2, -0.15) is 0 Å². The van der Waals surface area contributed by atoms with E-state index in [0.29, 0.717) is 19.0 Å². The summed E-state index contributed by atoms with van der Waals surface area (Å²) in [5, 5.41) is 4.60. The summed E-state index contributed by atoms with van der Waals surface area (Å²) in [6.45, 7) is 4.07. The van der Waals surface area contributed by atoms with Gasteiger partial charge in [0.15, 0.2) is 5.65 Å².